The molecular weight excluding hydrogens is 290 g/mol. The summed E-state index contributed by atoms with van der Waals surface area (Å²) in [6, 6.07) is 10.3. The van der Waals surface area contributed by atoms with Gasteiger partial charge < -0.3 is 0 Å². The molecule has 0 aliphatic carbocycles. The minimum absolute atomic E-state index is 0.198. The fraction of sp³-hybridized carbons (Fsp3) is 0.429. The highest BCUT2D eigenvalue weighted by atomic mass is 79.9. The Morgan fingerprint density at radius 1 is 1.06 bits per heavy atom. The summed E-state index contributed by atoms with van der Waals surface area (Å²) in [7, 11) is 0. The number of hydrogen-bond donors (Lipinski definition) is 0. The summed E-state index contributed by atoms with van der Waals surface area (Å²) in [6.45, 7) is 6.64. The third-order valence-corrected chi connectivity index (χ3v) is 3.12. The maximum atomic E-state index is 4.33. The smallest absolute Gasteiger partial charge is 0.148 e. The molecule has 0 bridgehead atoms. The van der Waals surface area contributed by atoms with Crippen molar-refractivity contribution in [2.75, 3.05) is 0 Å². The molecular formula is C14H18BrN3. The average molecular weight is 308 g/mol. The number of benzene rings is 1. The van der Waals surface area contributed by atoms with Crippen LogP contribution in [-0.4, -0.2) is 14.8 Å². The predicted molar refractivity (Wildman–Crippen MR) is 77.1 cm³/mol. The van der Waals surface area contributed by atoms with E-state index < -0.39 is 0 Å². The van der Waals surface area contributed by atoms with Gasteiger partial charge in [-0.25, -0.2) is 0 Å². The van der Waals surface area contributed by atoms with Crippen molar-refractivity contribution < 1.29 is 0 Å². The maximum absolute atomic E-state index is 4.33. The molecule has 3 nitrogen and oxygen atoms in total. The van der Waals surface area contributed by atoms with E-state index in [9.17, 15) is 0 Å². The van der Waals surface area contributed by atoms with Gasteiger partial charge in [0.2, 0.25) is 0 Å². The molecule has 0 N–H and O–H groups in total. The summed E-state index contributed by atoms with van der Waals surface area (Å²) in [5.74, 6) is 1.96. The molecule has 0 atom stereocenters. The first-order chi connectivity index (χ1) is 8.51. The van der Waals surface area contributed by atoms with Crippen molar-refractivity contribution in [2.24, 2.45) is 5.41 Å². The standard InChI is InChI=1S/C14H18BrN3/c1-14(2,3)9-12-16-17-13(10-15)18(12)11-7-5-4-6-8-11/h4-8H,9-10H2,1-3H3. The van der Waals surface area contributed by atoms with Crippen LogP contribution in [0.15, 0.2) is 30.3 Å². The lowest BCUT2D eigenvalue weighted by molar-refractivity contribution is 0.397. The van der Waals surface area contributed by atoms with Gasteiger partial charge in [0, 0.05) is 12.1 Å². The zero-order chi connectivity index (χ0) is 13.2. The molecule has 0 unspecified atom stereocenters. The molecule has 18 heavy (non-hydrogen) atoms. The average Bonchev–Trinajstić information content (AvgIpc) is 2.70. The summed E-state index contributed by atoms with van der Waals surface area (Å²) >= 11 is 3.48. The first-order valence-electron chi connectivity index (χ1n) is 6.06. The molecule has 0 aliphatic rings. The van der Waals surface area contributed by atoms with Crippen LogP contribution >= 0.6 is 15.9 Å². The Hall–Kier alpha value is -1.16. The van der Waals surface area contributed by atoms with Crippen LogP contribution in [-0.2, 0) is 11.8 Å². The fourth-order valence-corrected chi connectivity index (χ4v) is 2.27. The van der Waals surface area contributed by atoms with E-state index in [1.807, 2.05) is 18.2 Å². The van der Waals surface area contributed by atoms with E-state index in [4.69, 9.17) is 0 Å². The van der Waals surface area contributed by atoms with Crippen LogP contribution in [0.3, 0.4) is 0 Å². The van der Waals surface area contributed by atoms with E-state index in [0.717, 1.165) is 23.8 Å². The number of nitrogens with zero attached hydrogens (tertiary/aromatic N) is 3. The van der Waals surface area contributed by atoms with Crippen LogP contribution in [0.5, 0.6) is 0 Å². The second-order valence-corrected chi connectivity index (χ2v) is 6.14. The Bertz CT molecular complexity index is 512. The van der Waals surface area contributed by atoms with Gasteiger partial charge in [0.1, 0.15) is 11.6 Å². The number of alkyl halides is 1. The van der Waals surface area contributed by atoms with Crippen molar-refractivity contribution in [1.82, 2.24) is 14.8 Å². The second kappa shape index (κ2) is 5.22. The Morgan fingerprint density at radius 3 is 2.22 bits per heavy atom. The highest BCUT2D eigenvalue weighted by Gasteiger charge is 2.19. The van der Waals surface area contributed by atoms with Gasteiger partial charge in [-0.1, -0.05) is 54.9 Å². The van der Waals surface area contributed by atoms with Gasteiger partial charge in [0.15, 0.2) is 0 Å². The number of rotatable bonds is 3. The zero-order valence-electron chi connectivity index (χ0n) is 11.0. The lowest BCUT2D eigenvalue weighted by Gasteiger charge is -2.18. The van der Waals surface area contributed by atoms with Crippen LogP contribution < -0.4 is 0 Å². The molecule has 0 saturated carbocycles. The first-order valence-corrected chi connectivity index (χ1v) is 7.18. The van der Waals surface area contributed by atoms with Crippen molar-refractivity contribution in [1.29, 1.82) is 0 Å². The van der Waals surface area contributed by atoms with Gasteiger partial charge in [-0.2, -0.15) is 0 Å². The minimum atomic E-state index is 0.198. The SMILES string of the molecule is CC(C)(C)Cc1nnc(CBr)n1-c1ccccc1. The summed E-state index contributed by atoms with van der Waals surface area (Å²) in [5.41, 5.74) is 1.32. The largest absolute Gasteiger partial charge is 0.282 e. The van der Waals surface area contributed by atoms with Crippen LogP contribution in [0.4, 0.5) is 0 Å². The van der Waals surface area contributed by atoms with E-state index in [-0.39, 0.29) is 5.41 Å². The van der Waals surface area contributed by atoms with Gasteiger partial charge in [0.25, 0.3) is 0 Å². The molecule has 0 aliphatic heterocycles. The number of halogens is 1. The van der Waals surface area contributed by atoms with E-state index >= 15 is 0 Å². The van der Waals surface area contributed by atoms with Crippen molar-refractivity contribution in [3.05, 3.63) is 42.0 Å². The van der Waals surface area contributed by atoms with Gasteiger partial charge in [-0.05, 0) is 17.5 Å². The molecule has 0 spiro atoms. The Labute approximate surface area is 116 Å². The molecule has 2 aromatic rings. The molecule has 1 aromatic heterocycles. The van der Waals surface area contributed by atoms with Crippen molar-refractivity contribution >= 4 is 15.9 Å². The summed E-state index contributed by atoms with van der Waals surface area (Å²) in [6.07, 6.45) is 0.905. The van der Waals surface area contributed by atoms with Crippen molar-refractivity contribution in [2.45, 2.75) is 32.5 Å². The number of aromatic nitrogens is 3. The minimum Gasteiger partial charge on any atom is -0.282 e. The second-order valence-electron chi connectivity index (χ2n) is 5.57. The third-order valence-electron chi connectivity index (χ3n) is 2.62. The molecule has 1 aromatic carbocycles. The highest BCUT2D eigenvalue weighted by Crippen LogP contribution is 2.23. The predicted octanol–water partition coefficient (Wildman–Crippen LogP) is 3.75. The molecule has 0 amide bonds. The quantitative estimate of drug-likeness (QED) is 0.809. The molecule has 2 rings (SSSR count). The van der Waals surface area contributed by atoms with E-state index in [1.54, 1.807) is 0 Å². The van der Waals surface area contributed by atoms with Gasteiger partial charge in [-0.3, -0.25) is 4.57 Å². The van der Waals surface area contributed by atoms with Gasteiger partial charge in [0.05, 0.1) is 5.33 Å². The molecule has 0 fully saturated rings. The molecule has 1 heterocycles. The fourth-order valence-electron chi connectivity index (χ4n) is 1.90. The highest BCUT2D eigenvalue weighted by molar-refractivity contribution is 9.08. The van der Waals surface area contributed by atoms with Crippen LogP contribution in [0.25, 0.3) is 5.69 Å². The Kier molecular flexibility index (Phi) is 3.85. The van der Waals surface area contributed by atoms with Gasteiger partial charge >= 0.3 is 0 Å². The molecule has 4 heteroatoms. The molecule has 0 saturated heterocycles. The van der Waals surface area contributed by atoms with Gasteiger partial charge in [-0.15, -0.1) is 10.2 Å². The summed E-state index contributed by atoms with van der Waals surface area (Å²) in [4.78, 5) is 0. The Morgan fingerprint density at radius 2 is 1.67 bits per heavy atom. The normalized spacial score (nSPS) is 11.8. The van der Waals surface area contributed by atoms with Crippen molar-refractivity contribution in [3.63, 3.8) is 0 Å². The molecule has 96 valence electrons. The summed E-state index contributed by atoms with van der Waals surface area (Å²) in [5, 5.41) is 9.30. The topological polar surface area (TPSA) is 30.7 Å². The van der Waals surface area contributed by atoms with E-state index in [2.05, 4.69) is 63.6 Å². The van der Waals surface area contributed by atoms with E-state index in [0.29, 0.717) is 5.33 Å². The Balaban J connectivity index is 2.47. The number of hydrogen-bond acceptors (Lipinski definition) is 2. The summed E-state index contributed by atoms with van der Waals surface area (Å²) < 4.78 is 2.14. The third kappa shape index (κ3) is 2.99. The van der Waals surface area contributed by atoms with Crippen molar-refractivity contribution in [3.8, 4) is 5.69 Å². The lowest BCUT2D eigenvalue weighted by Crippen LogP contribution is -2.14. The van der Waals surface area contributed by atoms with Crippen LogP contribution in [0.2, 0.25) is 0 Å². The van der Waals surface area contributed by atoms with Crippen LogP contribution in [0.1, 0.15) is 32.4 Å². The first kappa shape index (κ1) is 13.3. The van der Waals surface area contributed by atoms with E-state index in [1.165, 1.54) is 0 Å². The molecule has 0 radical (unpaired) electrons. The zero-order valence-corrected chi connectivity index (χ0v) is 12.6. The maximum Gasteiger partial charge on any atom is 0.148 e. The lowest BCUT2D eigenvalue weighted by atomic mass is 9.92. The van der Waals surface area contributed by atoms with Crippen LogP contribution in [0, 0.1) is 5.41 Å². The number of para-hydroxylation sites is 1. The monoisotopic (exact) mass is 307 g/mol.